The topological polar surface area (TPSA) is 87.0 Å². The number of hydrogen-bond acceptors (Lipinski definition) is 6. The normalized spacial score (nSPS) is 12.0. The molecule has 1 aromatic carbocycles. The molecule has 0 N–H and O–H groups in total. The van der Waals surface area contributed by atoms with Gasteiger partial charge in [-0.25, -0.2) is 27.3 Å². The maximum atomic E-state index is 12.7. The molecule has 0 aliphatic rings. The van der Waals surface area contributed by atoms with Crippen molar-refractivity contribution in [3.05, 3.63) is 42.1 Å². The molecule has 2 aromatic heterocycles. The first kappa shape index (κ1) is 15.7. The number of imidazole rings is 1. The quantitative estimate of drug-likeness (QED) is 0.670. The van der Waals surface area contributed by atoms with Gasteiger partial charge < -0.3 is 4.74 Å². The second-order valence-electron chi connectivity index (χ2n) is 5.02. The lowest BCUT2D eigenvalue weighted by Gasteiger charge is -2.10. The molecule has 2 heterocycles. The fourth-order valence-electron chi connectivity index (χ4n) is 2.04. The zero-order valence-electron chi connectivity index (χ0n) is 12.3. The minimum absolute atomic E-state index is 0.00823. The first-order valence-corrected chi connectivity index (χ1v) is 8.57. The molecule has 0 saturated heterocycles. The summed E-state index contributed by atoms with van der Waals surface area (Å²) in [5.41, 5.74) is 0.366. The molecule has 120 valence electrons. The SMILES string of the molecule is CC(C)Oc1ccc(S(=O)(=O)n2cnc3c(Cl)ncnc32)cc1. The van der Waals surface area contributed by atoms with Crippen LogP contribution in [0.15, 0.2) is 41.8 Å². The molecule has 0 fully saturated rings. The monoisotopic (exact) mass is 352 g/mol. The van der Waals surface area contributed by atoms with Crippen LogP contribution in [0.2, 0.25) is 5.15 Å². The molecule has 0 spiro atoms. The zero-order chi connectivity index (χ0) is 16.6. The van der Waals surface area contributed by atoms with Gasteiger partial charge in [0.2, 0.25) is 0 Å². The van der Waals surface area contributed by atoms with Gasteiger partial charge in [-0.15, -0.1) is 0 Å². The summed E-state index contributed by atoms with van der Waals surface area (Å²) in [6.45, 7) is 3.79. The van der Waals surface area contributed by atoms with Gasteiger partial charge in [-0.2, -0.15) is 0 Å². The van der Waals surface area contributed by atoms with Gasteiger partial charge in [0.25, 0.3) is 10.0 Å². The lowest BCUT2D eigenvalue weighted by atomic mass is 10.3. The highest BCUT2D eigenvalue weighted by Gasteiger charge is 2.21. The number of rotatable bonds is 4. The van der Waals surface area contributed by atoms with Crippen molar-refractivity contribution in [3.8, 4) is 5.75 Å². The van der Waals surface area contributed by atoms with E-state index in [9.17, 15) is 8.42 Å². The van der Waals surface area contributed by atoms with Crippen LogP contribution >= 0.6 is 11.6 Å². The molecule has 23 heavy (non-hydrogen) atoms. The number of nitrogens with zero attached hydrogens (tertiary/aromatic N) is 4. The van der Waals surface area contributed by atoms with Crippen molar-refractivity contribution >= 4 is 32.8 Å². The van der Waals surface area contributed by atoms with Crippen molar-refractivity contribution in [1.29, 1.82) is 0 Å². The summed E-state index contributed by atoms with van der Waals surface area (Å²) in [6.07, 6.45) is 2.37. The third-order valence-electron chi connectivity index (χ3n) is 3.01. The molecule has 9 heteroatoms. The summed E-state index contributed by atoms with van der Waals surface area (Å²) in [5.74, 6) is 0.597. The number of fused-ring (bicyclic) bond motifs is 1. The van der Waals surface area contributed by atoms with Crippen LogP contribution in [-0.4, -0.2) is 33.4 Å². The minimum atomic E-state index is -3.83. The van der Waals surface area contributed by atoms with E-state index in [0.29, 0.717) is 5.75 Å². The van der Waals surface area contributed by atoms with Crippen molar-refractivity contribution < 1.29 is 13.2 Å². The largest absolute Gasteiger partial charge is 0.491 e. The highest BCUT2D eigenvalue weighted by molar-refractivity contribution is 7.90. The average Bonchev–Trinajstić information content (AvgIpc) is 2.93. The Balaban J connectivity index is 2.05. The Hall–Kier alpha value is -2.19. The lowest BCUT2D eigenvalue weighted by molar-refractivity contribution is 0.242. The van der Waals surface area contributed by atoms with Crippen LogP contribution in [0.4, 0.5) is 0 Å². The van der Waals surface area contributed by atoms with Crippen molar-refractivity contribution in [2.45, 2.75) is 24.8 Å². The van der Waals surface area contributed by atoms with Crippen LogP contribution in [0.1, 0.15) is 13.8 Å². The van der Waals surface area contributed by atoms with Gasteiger partial charge in [0.05, 0.1) is 11.0 Å². The van der Waals surface area contributed by atoms with E-state index in [1.165, 1.54) is 24.8 Å². The summed E-state index contributed by atoms with van der Waals surface area (Å²) >= 11 is 5.90. The van der Waals surface area contributed by atoms with Crippen molar-refractivity contribution in [1.82, 2.24) is 18.9 Å². The van der Waals surface area contributed by atoms with Crippen LogP contribution in [-0.2, 0) is 10.0 Å². The number of halogens is 1. The van der Waals surface area contributed by atoms with Crippen LogP contribution in [0.25, 0.3) is 11.2 Å². The van der Waals surface area contributed by atoms with E-state index in [-0.39, 0.29) is 27.3 Å². The van der Waals surface area contributed by atoms with Gasteiger partial charge in [0.15, 0.2) is 10.8 Å². The molecule has 3 aromatic rings. The number of ether oxygens (including phenoxy) is 1. The summed E-state index contributed by atoms with van der Waals surface area (Å²) in [5, 5.41) is 0.102. The smallest absolute Gasteiger partial charge is 0.270 e. The number of aromatic nitrogens is 4. The molecular formula is C14H13ClN4O3S. The molecule has 0 bridgehead atoms. The van der Waals surface area contributed by atoms with Gasteiger partial charge >= 0.3 is 0 Å². The van der Waals surface area contributed by atoms with Gasteiger partial charge in [-0.3, -0.25) is 0 Å². The van der Waals surface area contributed by atoms with Crippen LogP contribution in [0.5, 0.6) is 5.75 Å². The first-order valence-electron chi connectivity index (χ1n) is 6.75. The van der Waals surface area contributed by atoms with E-state index in [1.54, 1.807) is 12.1 Å². The summed E-state index contributed by atoms with van der Waals surface area (Å²) < 4.78 is 32.0. The lowest BCUT2D eigenvalue weighted by Crippen LogP contribution is -2.13. The molecule has 3 rings (SSSR count). The fraction of sp³-hybridized carbons (Fsp3) is 0.214. The van der Waals surface area contributed by atoms with Crippen LogP contribution < -0.4 is 4.74 Å². The molecular weight excluding hydrogens is 340 g/mol. The van der Waals surface area contributed by atoms with Gasteiger partial charge in [0.1, 0.15) is 23.9 Å². The molecule has 0 atom stereocenters. The van der Waals surface area contributed by atoms with E-state index < -0.39 is 10.0 Å². The minimum Gasteiger partial charge on any atom is -0.491 e. The Bertz CT molecular complexity index is 952. The molecule has 0 saturated carbocycles. The second kappa shape index (κ2) is 5.78. The van der Waals surface area contributed by atoms with E-state index in [2.05, 4.69) is 15.0 Å². The summed E-state index contributed by atoms with van der Waals surface area (Å²) in [6, 6.07) is 6.16. The summed E-state index contributed by atoms with van der Waals surface area (Å²) in [4.78, 5) is 11.8. The van der Waals surface area contributed by atoms with E-state index in [4.69, 9.17) is 16.3 Å². The Labute approximate surface area is 138 Å². The number of benzene rings is 1. The average molecular weight is 353 g/mol. The standard InChI is InChI=1S/C14H13ClN4O3S/c1-9(2)22-10-3-5-11(6-4-10)23(20,21)19-8-18-12-13(15)16-7-17-14(12)19/h3-9H,1-2H3. The van der Waals surface area contributed by atoms with E-state index in [1.807, 2.05) is 13.8 Å². The molecule has 0 unspecified atom stereocenters. The molecule has 0 amide bonds. The van der Waals surface area contributed by atoms with Crippen molar-refractivity contribution in [2.75, 3.05) is 0 Å². The molecule has 0 aliphatic carbocycles. The summed E-state index contributed by atoms with van der Waals surface area (Å²) in [7, 11) is -3.83. The Morgan fingerprint density at radius 2 is 1.83 bits per heavy atom. The Morgan fingerprint density at radius 1 is 1.13 bits per heavy atom. The molecule has 0 aliphatic heterocycles. The highest BCUT2D eigenvalue weighted by atomic mass is 35.5. The van der Waals surface area contributed by atoms with Crippen LogP contribution in [0, 0.1) is 0 Å². The fourth-order valence-corrected chi connectivity index (χ4v) is 3.45. The van der Waals surface area contributed by atoms with Crippen molar-refractivity contribution in [3.63, 3.8) is 0 Å². The maximum absolute atomic E-state index is 12.7. The van der Waals surface area contributed by atoms with E-state index in [0.717, 1.165) is 3.97 Å². The maximum Gasteiger partial charge on any atom is 0.270 e. The third kappa shape index (κ3) is 2.87. The second-order valence-corrected chi connectivity index (χ2v) is 7.19. The third-order valence-corrected chi connectivity index (χ3v) is 4.94. The van der Waals surface area contributed by atoms with Gasteiger partial charge in [-0.1, -0.05) is 11.6 Å². The van der Waals surface area contributed by atoms with Gasteiger partial charge in [0, 0.05) is 0 Å². The number of hydrogen-bond donors (Lipinski definition) is 0. The highest BCUT2D eigenvalue weighted by Crippen LogP contribution is 2.23. The van der Waals surface area contributed by atoms with E-state index >= 15 is 0 Å². The van der Waals surface area contributed by atoms with Crippen LogP contribution in [0.3, 0.4) is 0 Å². The van der Waals surface area contributed by atoms with Gasteiger partial charge in [-0.05, 0) is 38.1 Å². The zero-order valence-corrected chi connectivity index (χ0v) is 13.9. The predicted octanol–water partition coefficient (Wildman–Crippen LogP) is 2.50. The predicted molar refractivity (Wildman–Crippen MR) is 85.1 cm³/mol. The Kier molecular flexibility index (Phi) is 3.95. The first-order chi connectivity index (χ1) is 10.9. The van der Waals surface area contributed by atoms with Crippen molar-refractivity contribution in [2.24, 2.45) is 0 Å². The molecule has 7 nitrogen and oxygen atoms in total. The molecule has 0 radical (unpaired) electrons. The Morgan fingerprint density at radius 3 is 2.48 bits per heavy atom.